The number of carbonyl (C=O) groups excluding carboxylic acids is 5. The number of thioether (sulfide) groups is 1. The summed E-state index contributed by atoms with van der Waals surface area (Å²) in [5.74, 6) is -2.89. The van der Waals surface area contributed by atoms with Crippen LogP contribution in [0.25, 0.3) is 0 Å². The van der Waals surface area contributed by atoms with Crippen molar-refractivity contribution in [3.63, 3.8) is 0 Å². The van der Waals surface area contributed by atoms with Crippen molar-refractivity contribution in [2.45, 2.75) is 184 Å². The van der Waals surface area contributed by atoms with Gasteiger partial charge in [0.05, 0.1) is 0 Å². The number of nitrogens with one attached hydrogen (secondary N) is 1. The van der Waals surface area contributed by atoms with Gasteiger partial charge in [-0.2, -0.15) is 0 Å². The van der Waals surface area contributed by atoms with Crippen molar-refractivity contribution in [1.82, 2.24) is 10.2 Å². The molecule has 1 aliphatic rings. The first kappa shape index (κ1) is 46.1. The van der Waals surface area contributed by atoms with Crippen molar-refractivity contribution in [2.75, 3.05) is 11.9 Å². The largest absolute Gasteiger partial charge is 0.463 e. The van der Waals surface area contributed by atoms with Crippen LogP contribution in [0.2, 0.25) is 0 Å². The van der Waals surface area contributed by atoms with Crippen LogP contribution in [0.5, 0.6) is 0 Å². The molecule has 53 heavy (non-hydrogen) atoms. The number of carbonyl (C=O) groups is 5. The van der Waals surface area contributed by atoms with E-state index in [0.29, 0.717) is 10.8 Å². The highest BCUT2D eigenvalue weighted by molar-refractivity contribution is 8.01. The summed E-state index contributed by atoms with van der Waals surface area (Å²) < 4.78 is 28.0. The lowest BCUT2D eigenvalue weighted by Crippen LogP contribution is -2.61. The first-order valence-electron chi connectivity index (χ1n) is 19.3. The molecule has 13 nitrogen and oxygen atoms in total. The van der Waals surface area contributed by atoms with Crippen LogP contribution in [0.1, 0.15) is 150 Å². The summed E-state index contributed by atoms with van der Waals surface area (Å²) in [5, 5.41) is 11.3. The third-order valence-corrected chi connectivity index (χ3v) is 10.6. The van der Waals surface area contributed by atoms with Gasteiger partial charge in [0, 0.05) is 34.1 Å². The molecule has 2 rings (SSSR count). The first-order chi connectivity index (χ1) is 25.5. The van der Waals surface area contributed by atoms with Crippen LogP contribution in [0.15, 0.2) is 16.5 Å². The molecule has 1 aromatic heterocycles. The van der Waals surface area contributed by atoms with E-state index in [2.05, 4.69) is 34.6 Å². The van der Waals surface area contributed by atoms with Crippen LogP contribution in [0, 0.1) is 0 Å². The zero-order valence-corrected chi connectivity index (χ0v) is 33.9. The Bertz CT molecular complexity index is 1280. The van der Waals surface area contributed by atoms with Crippen molar-refractivity contribution in [1.29, 1.82) is 0 Å². The normalized spacial score (nSPS) is 19.8. The molecule has 2 heterocycles. The molecule has 1 aromatic rings. The molecule has 1 amide bonds. The summed E-state index contributed by atoms with van der Waals surface area (Å²) >= 11 is 2.11. The molecule has 0 aromatic carbocycles. The summed E-state index contributed by atoms with van der Waals surface area (Å²) in [4.78, 5) is 60.3. The molecular weight excluding hydrogens is 723 g/mol. The standard InChI is InChI=1S/C38H61N3O10S2/c1-6-7-8-9-10-11-12-13-14-15-16-17-18-19-20-21-22-23-24-25-32(46)39-37-40-41-38(53-37)52-36-35(50-30(5)45)34(49-29(4)44)33(48-28(3)43)31(51-36)26-47-27(2)42/h13-14,31,33-36H,6-12,15-26H2,1-5H3,(H,39,40,46)/b14-13-/t31-,33+,34+,35-,36+/m1/s1. The third-order valence-electron chi connectivity index (χ3n) is 8.48. The van der Waals surface area contributed by atoms with Crippen LogP contribution in [-0.2, 0) is 47.7 Å². The van der Waals surface area contributed by atoms with E-state index in [-0.39, 0.29) is 17.6 Å². The Hall–Kier alpha value is -3.04. The molecule has 0 aliphatic carbocycles. The zero-order valence-electron chi connectivity index (χ0n) is 32.3. The van der Waals surface area contributed by atoms with E-state index in [9.17, 15) is 24.0 Å². The zero-order chi connectivity index (χ0) is 38.8. The summed E-state index contributed by atoms with van der Waals surface area (Å²) in [6, 6.07) is 0. The fourth-order valence-corrected chi connectivity index (χ4v) is 7.97. The van der Waals surface area contributed by atoms with Gasteiger partial charge in [0.2, 0.25) is 11.0 Å². The Labute approximate surface area is 323 Å². The Balaban J connectivity index is 1.73. The second-order valence-corrected chi connectivity index (χ2v) is 15.7. The van der Waals surface area contributed by atoms with E-state index in [4.69, 9.17) is 23.7 Å². The summed E-state index contributed by atoms with van der Waals surface area (Å²) in [7, 11) is 0. The fraction of sp³-hybridized carbons (Fsp3) is 0.763. The van der Waals surface area contributed by atoms with Gasteiger partial charge in [0.15, 0.2) is 28.1 Å². The van der Waals surface area contributed by atoms with Gasteiger partial charge in [0.1, 0.15) is 12.7 Å². The molecular formula is C38H61N3O10S2. The lowest BCUT2D eigenvalue weighted by atomic mass is 9.99. The lowest BCUT2D eigenvalue weighted by molar-refractivity contribution is -0.237. The molecule has 1 saturated heterocycles. The van der Waals surface area contributed by atoms with Crippen LogP contribution in [0.3, 0.4) is 0 Å². The minimum atomic E-state index is -1.28. The average Bonchev–Trinajstić information content (AvgIpc) is 3.53. The van der Waals surface area contributed by atoms with Crippen molar-refractivity contribution >= 4 is 58.0 Å². The van der Waals surface area contributed by atoms with Crippen molar-refractivity contribution in [2.24, 2.45) is 0 Å². The minimum Gasteiger partial charge on any atom is -0.463 e. The Morgan fingerprint density at radius 1 is 0.679 bits per heavy atom. The van der Waals surface area contributed by atoms with Crippen LogP contribution in [-0.4, -0.2) is 76.4 Å². The van der Waals surface area contributed by atoms with Gasteiger partial charge in [0.25, 0.3) is 0 Å². The van der Waals surface area contributed by atoms with Gasteiger partial charge < -0.3 is 29.0 Å². The van der Waals surface area contributed by atoms with E-state index in [1.807, 2.05) is 0 Å². The number of hydrogen-bond donors (Lipinski definition) is 1. The Kier molecular flexibility index (Phi) is 24.0. The number of ether oxygens (including phenoxy) is 5. The SMILES string of the molecule is CCCCCCCC/C=C\CCCCCCCCCCCC(=O)Nc1nnc(S[C@@H]2O[C@H](COC(C)=O)[C@H](OC(C)=O)[C@H](OC(C)=O)[C@H]2OC(C)=O)s1. The summed E-state index contributed by atoms with van der Waals surface area (Å²) in [5.41, 5.74) is -1.03. The number of unbranched alkanes of at least 4 members (excludes halogenated alkanes) is 15. The molecule has 0 spiro atoms. The minimum absolute atomic E-state index is 0.161. The number of amides is 1. The van der Waals surface area contributed by atoms with E-state index in [0.717, 1.165) is 56.2 Å². The number of rotatable bonds is 27. The lowest BCUT2D eigenvalue weighted by Gasteiger charge is -2.43. The maximum atomic E-state index is 12.6. The van der Waals surface area contributed by atoms with E-state index < -0.39 is 53.7 Å². The van der Waals surface area contributed by atoms with Gasteiger partial charge in [-0.3, -0.25) is 24.0 Å². The number of allylic oxidation sites excluding steroid dienone is 2. The smallest absolute Gasteiger partial charge is 0.303 e. The predicted octanol–water partition coefficient (Wildman–Crippen LogP) is 8.25. The molecule has 0 radical (unpaired) electrons. The second-order valence-electron chi connectivity index (χ2n) is 13.4. The number of aromatic nitrogens is 2. The monoisotopic (exact) mass is 783 g/mol. The maximum Gasteiger partial charge on any atom is 0.303 e. The van der Waals surface area contributed by atoms with Gasteiger partial charge >= 0.3 is 23.9 Å². The highest BCUT2D eigenvalue weighted by atomic mass is 32.2. The third kappa shape index (κ3) is 20.9. The summed E-state index contributed by atoms with van der Waals surface area (Å²) in [6.45, 7) is 6.63. The van der Waals surface area contributed by atoms with E-state index in [1.54, 1.807) is 0 Å². The first-order valence-corrected chi connectivity index (χ1v) is 20.9. The quantitative estimate of drug-likeness (QED) is 0.0298. The number of anilines is 1. The van der Waals surface area contributed by atoms with Crippen molar-refractivity contribution in [3.05, 3.63) is 12.2 Å². The molecule has 300 valence electrons. The average molecular weight is 784 g/mol. The van der Waals surface area contributed by atoms with Crippen molar-refractivity contribution in [3.8, 4) is 0 Å². The number of esters is 4. The molecule has 0 bridgehead atoms. The highest BCUT2D eigenvalue weighted by Gasteiger charge is 2.52. The van der Waals surface area contributed by atoms with E-state index >= 15 is 0 Å². The van der Waals surface area contributed by atoms with Gasteiger partial charge in [-0.15, -0.1) is 10.2 Å². The molecule has 15 heteroatoms. The number of hydrogen-bond acceptors (Lipinski definition) is 14. The highest BCUT2D eigenvalue weighted by Crippen LogP contribution is 2.39. The Morgan fingerprint density at radius 2 is 1.19 bits per heavy atom. The Morgan fingerprint density at radius 3 is 1.74 bits per heavy atom. The van der Waals surface area contributed by atoms with Gasteiger partial charge in [-0.05, 0) is 32.1 Å². The van der Waals surface area contributed by atoms with E-state index in [1.165, 1.54) is 104 Å². The van der Waals surface area contributed by atoms with Crippen molar-refractivity contribution < 1.29 is 47.7 Å². The van der Waals surface area contributed by atoms with Crippen LogP contribution < -0.4 is 5.32 Å². The molecule has 1 aliphatic heterocycles. The number of nitrogens with zero attached hydrogens (tertiary/aromatic N) is 2. The molecule has 1 N–H and O–H groups in total. The second kappa shape index (κ2) is 27.5. The molecule has 0 unspecified atom stereocenters. The van der Waals surface area contributed by atoms with Crippen LogP contribution in [0.4, 0.5) is 5.13 Å². The molecule has 5 atom stereocenters. The fourth-order valence-electron chi connectivity index (χ4n) is 5.94. The molecule has 0 saturated carbocycles. The summed E-state index contributed by atoms with van der Waals surface area (Å²) in [6.07, 6.45) is 21.2. The molecule has 1 fully saturated rings. The van der Waals surface area contributed by atoms with Crippen LogP contribution >= 0.6 is 23.1 Å². The predicted molar refractivity (Wildman–Crippen MR) is 204 cm³/mol. The topological polar surface area (TPSA) is 169 Å². The van der Waals surface area contributed by atoms with Gasteiger partial charge in [-0.25, -0.2) is 0 Å². The van der Waals surface area contributed by atoms with Gasteiger partial charge in [-0.1, -0.05) is 119 Å². The maximum absolute atomic E-state index is 12.6.